The van der Waals surface area contributed by atoms with Crippen molar-refractivity contribution in [3.63, 3.8) is 0 Å². The molecule has 1 aromatic heterocycles. The van der Waals surface area contributed by atoms with Crippen LogP contribution in [0.1, 0.15) is 43.7 Å². The van der Waals surface area contributed by atoms with Crippen LogP contribution in [0.4, 0.5) is 0 Å². The van der Waals surface area contributed by atoms with E-state index in [-0.39, 0.29) is 5.78 Å². The van der Waals surface area contributed by atoms with Gasteiger partial charge in [-0.15, -0.1) is 0 Å². The van der Waals surface area contributed by atoms with Crippen LogP contribution in [0, 0.1) is 0 Å². The van der Waals surface area contributed by atoms with E-state index in [1.807, 2.05) is 6.92 Å². The third-order valence-corrected chi connectivity index (χ3v) is 3.73. The summed E-state index contributed by atoms with van der Waals surface area (Å²) in [7, 11) is 0. The van der Waals surface area contributed by atoms with Crippen molar-refractivity contribution in [2.75, 3.05) is 13.1 Å². The summed E-state index contributed by atoms with van der Waals surface area (Å²) < 4.78 is 5.23. The Morgan fingerprint density at radius 3 is 2.69 bits per heavy atom. The zero-order valence-corrected chi connectivity index (χ0v) is 10.0. The second kappa shape index (κ2) is 4.42. The lowest BCUT2D eigenvalue weighted by Gasteiger charge is -2.35. The van der Waals surface area contributed by atoms with E-state index < -0.39 is 5.54 Å². The third-order valence-electron chi connectivity index (χ3n) is 3.73. The summed E-state index contributed by atoms with van der Waals surface area (Å²) in [6.07, 6.45) is 4.78. The van der Waals surface area contributed by atoms with E-state index >= 15 is 0 Å². The normalized spacial score (nSPS) is 20.9. The molecule has 1 saturated heterocycles. The zero-order chi connectivity index (χ0) is 11.6. The lowest BCUT2D eigenvalue weighted by Crippen LogP contribution is -2.50. The van der Waals surface area contributed by atoms with Crippen LogP contribution in [0.25, 0.3) is 0 Å². The second-order valence-electron chi connectivity index (χ2n) is 4.63. The predicted molar refractivity (Wildman–Crippen MR) is 62.5 cm³/mol. The summed E-state index contributed by atoms with van der Waals surface area (Å²) in [5.41, 5.74) is -0.394. The van der Waals surface area contributed by atoms with Gasteiger partial charge in [0.1, 0.15) is 0 Å². The Bertz CT molecular complexity index is 352. The Labute approximate surface area is 96.4 Å². The largest absolute Gasteiger partial charge is 0.461 e. The SMILES string of the molecule is CCC(C)(C(=O)c1ccco1)N1CCCC1. The summed E-state index contributed by atoms with van der Waals surface area (Å²) in [4.78, 5) is 14.7. The first-order valence-electron chi connectivity index (χ1n) is 6.02. The fraction of sp³-hybridized carbons (Fsp3) is 0.615. The highest BCUT2D eigenvalue weighted by Gasteiger charge is 2.40. The van der Waals surface area contributed by atoms with E-state index in [1.54, 1.807) is 18.4 Å². The fourth-order valence-electron chi connectivity index (χ4n) is 2.41. The summed E-state index contributed by atoms with van der Waals surface area (Å²) in [6, 6.07) is 3.53. The number of carbonyl (C=O) groups is 1. The van der Waals surface area contributed by atoms with Crippen molar-refractivity contribution in [2.24, 2.45) is 0 Å². The Morgan fingerprint density at radius 2 is 2.19 bits per heavy atom. The molecule has 0 amide bonds. The summed E-state index contributed by atoms with van der Waals surface area (Å²) >= 11 is 0. The monoisotopic (exact) mass is 221 g/mol. The molecule has 1 aliphatic rings. The highest BCUT2D eigenvalue weighted by atomic mass is 16.3. The fourth-order valence-corrected chi connectivity index (χ4v) is 2.41. The molecule has 1 unspecified atom stereocenters. The van der Waals surface area contributed by atoms with Crippen LogP contribution in [-0.4, -0.2) is 29.3 Å². The van der Waals surface area contributed by atoms with Crippen LogP contribution in [-0.2, 0) is 0 Å². The lowest BCUT2D eigenvalue weighted by molar-refractivity contribution is 0.0618. The molecule has 0 bridgehead atoms. The van der Waals surface area contributed by atoms with Gasteiger partial charge in [0, 0.05) is 0 Å². The van der Waals surface area contributed by atoms with Crippen molar-refractivity contribution in [2.45, 2.75) is 38.6 Å². The summed E-state index contributed by atoms with van der Waals surface area (Å²) in [6.45, 7) is 6.15. The van der Waals surface area contributed by atoms with Crippen LogP contribution in [0.2, 0.25) is 0 Å². The van der Waals surface area contributed by atoms with Crippen molar-refractivity contribution in [1.29, 1.82) is 0 Å². The summed E-state index contributed by atoms with van der Waals surface area (Å²) in [5.74, 6) is 0.596. The van der Waals surface area contributed by atoms with Crippen LogP contribution >= 0.6 is 0 Å². The molecular weight excluding hydrogens is 202 g/mol. The average molecular weight is 221 g/mol. The van der Waals surface area contributed by atoms with Gasteiger partial charge >= 0.3 is 0 Å². The molecular formula is C13H19NO2. The Kier molecular flexibility index (Phi) is 3.15. The van der Waals surface area contributed by atoms with Crippen LogP contribution in [0.5, 0.6) is 0 Å². The van der Waals surface area contributed by atoms with Crippen molar-refractivity contribution < 1.29 is 9.21 Å². The predicted octanol–water partition coefficient (Wildman–Crippen LogP) is 2.73. The van der Waals surface area contributed by atoms with Gasteiger partial charge in [-0.3, -0.25) is 9.69 Å². The molecule has 3 nitrogen and oxygen atoms in total. The second-order valence-corrected chi connectivity index (χ2v) is 4.63. The van der Waals surface area contributed by atoms with Gasteiger partial charge in [0.05, 0.1) is 11.8 Å². The first-order valence-corrected chi connectivity index (χ1v) is 6.02. The van der Waals surface area contributed by atoms with Crippen molar-refractivity contribution in [3.05, 3.63) is 24.2 Å². The number of Topliss-reactive ketones (excluding diaryl/α,β-unsaturated/α-hetero) is 1. The Morgan fingerprint density at radius 1 is 1.50 bits per heavy atom. The van der Waals surface area contributed by atoms with Gasteiger partial charge in [-0.2, -0.15) is 0 Å². The molecule has 16 heavy (non-hydrogen) atoms. The average Bonchev–Trinajstić information content (AvgIpc) is 2.98. The number of likely N-dealkylation sites (tertiary alicyclic amines) is 1. The number of hydrogen-bond donors (Lipinski definition) is 0. The highest BCUT2D eigenvalue weighted by molar-refractivity contribution is 6.00. The van der Waals surface area contributed by atoms with Crippen LogP contribution in [0.15, 0.2) is 22.8 Å². The Balaban J connectivity index is 2.23. The van der Waals surface area contributed by atoms with Gasteiger partial charge in [-0.05, 0) is 51.4 Å². The Hall–Kier alpha value is -1.09. The van der Waals surface area contributed by atoms with E-state index in [4.69, 9.17) is 4.42 Å². The molecule has 1 aliphatic heterocycles. The molecule has 1 atom stereocenters. The molecule has 1 aromatic rings. The van der Waals surface area contributed by atoms with E-state index in [9.17, 15) is 4.79 Å². The molecule has 0 aliphatic carbocycles. The van der Waals surface area contributed by atoms with E-state index in [0.29, 0.717) is 5.76 Å². The maximum Gasteiger partial charge on any atom is 0.217 e. The molecule has 3 heteroatoms. The quantitative estimate of drug-likeness (QED) is 0.733. The number of hydrogen-bond acceptors (Lipinski definition) is 3. The zero-order valence-electron chi connectivity index (χ0n) is 10.0. The number of nitrogens with zero attached hydrogens (tertiary/aromatic N) is 1. The van der Waals surface area contributed by atoms with Crippen LogP contribution in [0.3, 0.4) is 0 Å². The number of furan rings is 1. The van der Waals surface area contributed by atoms with E-state index in [1.165, 1.54) is 12.8 Å². The van der Waals surface area contributed by atoms with Crippen LogP contribution < -0.4 is 0 Å². The molecule has 2 heterocycles. The smallest absolute Gasteiger partial charge is 0.217 e. The number of ketones is 1. The molecule has 0 saturated carbocycles. The third kappa shape index (κ3) is 1.80. The molecule has 0 spiro atoms. The van der Waals surface area contributed by atoms with Crippen molar-refractivity contribution in [3.8, 4) is 0 Å². The molecule has 0 aromatic carbocycles. The topological polar surface area (TPSA) is 33.5 Å². The first kappa shape index (κ1) is 11.4. The minimum Gasteiger partial charge on any atom is -0.461 e. The molecule has 2 rings (SSSR count). The minimum absolute atomic E-state index is 0.113. The number of carbonyl (C=O) groups excluding carboxylic acids is 1. The molecule has 0 N–H and O–H groups in total. The maximum absolute atomic E-state index is 12.4. The molecule has 88 valence electrons. The highest BCUT2D eigenvalue weighted by Crippen LogP contribution is 2.28. The minimum atomic E-state index is -0.394. The van der Waals surface area contributed by atoms with Gasteiger partial charge in [0.25, 0.3) is 0 Å². The van der Waals surface area contributed by atoms with Gasteiger partial charge < -0.3 is 4.42 Å². The first-order chi connectivity index (χ1) is 7.68. The van der Waals surface area contributed by atoms with Crippen molar-refractivity contribution in [1.82, 2.24) is 4.90 Å². The standard InChI is InChI=1S/C13H19NO2/c1-3-13(2,14-8-4-5-9-14)12(15)11-7-6-10-16-11/h6-7,10H,3-5,8-9H2,1-2H3. The van der Waals surface area contributed by atoms with Gasteiger partial charge in [0.15, 0.2) is 5.76 Å². The molecule has 0 radical (unpaired) electrons. The lowest BCUT2D eigenvalue weighted by atomic mass is 9.90. The number of rotatable bonds is 4. The molecule has 1 fully saturated rings. The summed E-state index contributed by atoms with van der Waals surface area (Å²) in [5, 5.41) is 0. The maximum atomic E-state index is 12.4. The van der Waals surface area contributed by atoms with E-state index in [2.05, 4.69) is 11.8 Å². The van der Waals surface area contributed by atoms with Gasteiger partial charge in [0.2, 0.25) is 5.78 Å². The van der Waals surface area contributed by atoms with Gasteiger partial charge in [-0.25, -0.2) is 0 Å². The van der Waals surface area contributed by atoms with Gasteiger partial charge in [-0.1, -0.05) is 6.92 Å². The van der Waals surface area contributed by atoms with E-state index in [0.717, 1.165) is 19.5 Å². The van der Waals surface area contributed by atoms with Crippen molar-refractivity contribution >= 4 is 5.78 Å².